The van der Waals surface area contributed by atoms with Crippen LogP contribution >= 0.6 is 11.6 Å². The first-order valence-corrected chi connectivity index (χ1v) is 11.0. The predicted octanol–water partition coefficient (Wildman–Crippen LogP) is 4.42. The van der Waals surface area contributed by atoms with Crippen molar-refractivity contribution in [2.45, 2.75) is 19.1 Å². The van der Waals surface area contributed by atoms with Crippen molar-refractivity contribution in [1.29, 1.82) is 0 Å². The van der Waals surface area contributed by atoms with Crippen molar-refractivity contribution >= 4 is 29.3 Å². The van der Waals surface area contributed by atoms with Gasteiger partial charge in [-0.25, -0.2) is 14.2 Å². The molecule has 2 aromatic carbocycles. The van der Waals surface area contributed by atoms with Crippen molar-refractivity contribution in [2.75, 3.05) is 25.1 Å². The summed E-state index contributed by atoms with van der Waals surface area (Å²) < 4.78 is 23.6. The SMILES string of the molecule is COC(=O)c1ccc([C@H](C)NC(=O)c2cc(Cl)cnc2N2CC(Oc3ccc(F)cc3)C2)cc1. The molecule has 1 saturated heterocycles. The lowest BCUT2D eigenvalue weighted by Crippen LogP contribution is -2.54. The summed E-state index contributed by atoms with van der Waals surface area (Å²) in [5.74, 6) is 0.0260. The Labute approximate surface area is 201 Å². The zero-order chi connectivity index (χ0) is 24.2. The van der Waals surface area contributed by atoms with E-state index in [1.807, 2.05) is 11.8 Å². The number of anilines is 1. The van der Waals surface area contributed by atoms with Gasteiger partial charge in [0.1, 0.15) is 23.5 Å². The first-order chi connectivity index (χ1) is 16.3. The van der Waals surface area contributed by atoms with Crippen molar-refractivity contribution in [3.05, 3.63) is 88.3 Å². The Morgan fingerprint density at radius 2 is 1.82 bits per heavy atom. The van der Waals surface area contributed by atoms with E-state index in [-0.39, 0.29) is 23.9 Å². The molecule has 1 aliphatic rings. The predicted molar refractivity (Wildman–Crippen MR) is 126 cm³/mol. The minimum absolute atomic E-state index is 0.105. The number of aromatic nitrogens is 1. The molecule has 7 nitrogen and oxygen atoms in total. The third-order valence-corrected chi connectivity index (χ3v) is 5.73. The summed E-state index contributed by atoms with van der Waals surface area (Å²) in [5.41, 5.74) is 1.61. The first kappa shape index (κ1) is 23.5. The number of amides is 1. The number of hydrogen-bond donors (Lipinski definition) is 1. The Kier molecular flexibility index (Phi) is 6.98. The summed E-state index contributed by atoms with van der Waals surface area (Å²) in [4.78, 5) is 31.0. The van der Waals surface area contributed by atoms with Gasteiger partial charge in [0.05, 0.1) is 42.4 Å². The van der Waals surface area contributed by atoms with Gasteiger partial charge in [0.15, 0.2) is 0 Å². The fourth-order valence-electron chi connectivity index (χ4n) is 3.63. The van der Waals surface area contributed by atoms with Gasteiger partial charge < -0.3 is 19.7 Å². The van der Waals surface area contributed by atoms with Crippen LogP contribution in [0.5, 0.6) is 5.75 Å². The molecule has 2 heterocycles. The quantitative estimate of drug-likeness (QED) is 0.501. The summed E-state index contributed by atoms with van der Waals surface area (Å²) in [5, 5.41) is 3.31. The van der Waals surface area contributed by atoms with Crippen LogP contribution in [0, 0.1) is 5.82 Å². The van der Waals surface area contributed by atoms with Gasteiger partial charge in [-0.2, -0.15) is 0 Å². The van der Waals surface area contributed by atoms with E-state index in [0.717, 1.165) is 5.56 Å². The van der Waals surface area contributed by atoms with E-state index >= 15 is 0 Å². The average molecular weight is 484 g/mol. The van der Waals surface area contributed by atoms with Crippen molar-refractivity contribution in [3.63, 3.8) is 0 Å². The number of carbonyl (C=O) groups excluding carboxylic acids is 2. The number of methoxy groups -OCH3 is 1. The Morgan fingerprint density at radius 1 is 1.15 bits per heavy atom. The average Bonchev–Trinajstić information content (AvgIpc) is 2.82. The molecule has 1 aliphatic heterocycles. The van der Waals surface area contributed by atoms with Crippen LogP contribution in [0.4, 0.5) is 10.2 Å². The Balaban J connectivity index is 1.42. The summed E-state index contributed by atoms with van der Waals surface area (Å²) in [7, 11) is 1.32. The van der Waals surface area contributed by atoms with Crippen LogP contribution in [0.3, 0.4) is 0 Å². The van der Waals surface area contributed by atoms with E-state index in [4.69, 9.17) is 21.1 Å². The summed E-state index contributed by atoms with van der Waals surface area (Å²) >= 11 is 6.13. The van der Waals surface area contributed by atoms with Gasteiger partial charge in [0.25, 0.3) is 5.91 Å². The maximum atomic E-state index is 13.1. The molecule has 0 spiro atoms. The smallest absolute Gasteiger partial charge is 0.337 e. The van der Waals surface area contributed by atoms with Crippen LogP contribution in [0.1, 0.15) is 39.2 Å². The molecule has 0 radical (unpaired) electrons. The minimum Gasteiger partial charge on any atom is -0.487 e. The second-order valence-electron chi connectivity index (χ2n) is 7.93. The van der Waals surface area contributed by atoms with E-state index in [1.165, 1.54) is 25.4 Å². The molecular formula is C25H23ClFN3O4. The topological polar surface area (TPSA) is 80.8 Å². The lowest BCUT2D eigenvalue weighted by molar-refractivity contribution is 0.0600. The number of pyridine rings is 1. The summed E-state index contributed by atoms with van der Waals surface area (Å²) in [6.45, 7) is 2.90. The minimum atomic E-state index is -0.422. The zero-order valence-corrected chi connectivity index (χ0v) is 19.4. The summed E-state index contributed by atoms with van der Waals surface area (Å²) in [6, 6.07) is 13.9. The molecule has 1 fully saturated rings. The van der Waals surface area contributed by atoms with Gasteiger partial charge in [0, 0.05) is 6.20 Å². The number of ether oxygens (including phenoxy) is 2. The third-order valence-electron chi connectivity index (χ3n) is 5.52. The van der Waals surface area contributed by atoms with Crippen molar-refractivity contribution < 1.29 is 23.5 Å². The second kappa shape index (κ2) is 10.1. The molecule has 4 rings (SSSR count). The number of hydrogen-bond acceptors (Lipinski definition) is 6. The highest BCUT2D eigenvalue weighted by Gasteiger charge is 2.32. The maximum absolute atomic E-state index is 13.1. The Morgan fingerprint density at radius 3 is 2.47 bits per heavy atom. The third kappa shape index (κ3) is 5.28. The van der Waals surface area contributed by atoms with Crippen LogP contribution in [0.15, 0.2) is 60.8 Å². The number of halogens is 2. The van der Waals surface area contributed by atoms with Crippen LogP contribution in [-0.4, -0.2) is 43.2 Å². The molecule has 1 N–H and O–H groups in total. The van der Waals surface area contributed by atoms with Crippen molar-refractivity contribution in [2.24, 2.45) is 0 Å². The fourth-order valence-corrected chi connectivity index (χ4v) is 3.78. The number of carbonyl (C=O) groups is 2. The molecule has 0 saturated carbocycles. The number of nitrogens with one attached hydrogen (secondary N) is 1. The fraction of sp³-hybridized carbons (Fsp3) is 0.240. The van der Waals surface area contributed by atoms with Crippen LogP contribution in [-0.2, 0) is 4.74 Å². The highest BCUT2D eigenvalue weighted by Crippen LogP contribution is 2.28. The monoisotopic (exact) mass is 483 g/mol. The zero-order valence-electron chi connectivity index (χ0n) is 18.6. The lowest BCUT2D eigenvalue weighted by Gasteiger charge is -2.40. The van der Waals surface area contributed by atoms with E-state index < -0.39 is 5.97 Å². The lowest BCUT2D eigenvalue weighted by atomic mass is 10.0. The molecule has 1 aromatic heterocycles. The maximum Gasteiger partial charge on any atom is 0.337 e. The Bertz CT molecular complexity index is 1180. The molecule has 1 atom stereocenters. The molecular weight excluding hydrogens is 461 g/mol. The van der Waals surface area contributed by atoms with Crippen LogP contribution in [0.25, 0.3) is 0 Å². The second-order valence-corrected chi connectivity index (χ2v) is 8.37. The molecule has 9 heteroatoms. The van der Waals surface area contributed by atoms with Crippen LogP contribution in [0.2, 0.25) is 5.02 Å². The Hall–Kier alpha value is -3.65. The summed E-state index contributed by atoms with van der Waals surface area (Å²) in [6.07, 6.45) is 1.39. The molecule has 0 unspecified atom stereocenters. The van der Waals surface area contributed by atoms with Crippen LogP contribution < -0.4 is 15.0 Å². The van der Waals surface area contributed by atoms with Crippen molar-refractivity contribution in [1.82, 2.24) is 10.3 Å². The van der Waals surface area contributed by atoms with E-state index in [1.54, 1.807) is 42.5 Å². The molecule has 1 amide bonds. The van der Waals surface area contributed by atoms with Gasteiger partial charge in [0.2, 0.25) is 0 Å². The van der Waals surface area contributed by atoms with Gasteiger partial charge in [-0.05, 0) is 55.0 Å². The van der Waals surface area contributed by atoms with E-state index in [2.05, 4.69) is 10.3 Å². The van der Waals surface area contributed by atoms with E-state index in [9.17, 15) is 14.0 Å². The number of nitrogens with zero attached hydrogens (tertiary/aromatic N) is 2. The van der Waals surface area contributed by atoms with Gasteiger partial charge in [-0.15, -0.1) is 0 Å². The number of esters is 1. The van der Waals surface area contributed by atoms with E-state index in [0.29, 0.717) is 40.8 Å². The normalized spacial score (nSPS) is 14.2. The molecule has 0 bridgehead atoms. The molecule has 176 valence electrons. The van der Waals surface area contributed by atoms with Gasteiger partial charge in [-0.1, -0.05) is 23.7 Å². The van der Waals surface area contributed by atoms with Gasteiger partial charge >= 0.3 is 5.97 Å². The standard InChI is InChI=1S/C25H23ClFN3O4/c1-15(16-3-5-17(6-4-16)25(32)33-2)29-24(31)22-11-18(26)12-28-23(22)30-13-21(14-30)34-20-9-7-19(27)8-10-20/h3-12,15,21H,13-14H2,1-2H3,(H,29,31)/t15-/m0/s1. The molecule has 34 heavy (non-hydrogen) atoms. The first-order valence-electron chi connectivity index (χ1n) is 10.7. The van der Waals surface area contributed by atoms with Gasteiger partial charge in [-0.3, -0.25) is 4.79 Å². The molecule has 3 aromatic rings. The highest BCUT2D eigenvalue weighted by atomic mass is 35.5. The highest BCUT2D eigenvalue weighted by molar-refractivity contribution is 6.31. The van der Waals surface area contributed by atoms with Crippen molar-refractivity contribution in [3.8, 4) is 5.75 Å². The number of benzene rings is 2. The molecule has 0 aliphatic carbocycles. The largest absolute Gasteiger partial charge is 0.487 e. The number of rotatable bonds is 7.